The molecule has 3 aromatic carbocycles. The fourth-order valence-corrected chi connectivity index (χ4v) is 3.28. The van der Waals surface area contributed by atoms with Crippen molar-refractivity contribution in [2.75, 3.05) is 7.11 Å². The highest BCUT2D eigenvalue weighted by Gasteiger charge is 2.24. The van der Waals surface area contributed by atoms with Crippen molar-refractivity contribution >= 4 is 22.6 Å². The molecule has 0 radical (unpaired) electrons. The van der Waals surface area contributed by atoms with E-state index in [1.165, 1.54) is 7.11 Å². The van der Waals surface area contributed by atoms with Gasteiger partial charge in [-0.2, -0.15) is 0 Å². The van der Waals surface area contributed by atoms with E-state index in [4.69, 9.17) is 4.74 Å². The van der Waals surface area contributed by atoms with Gasteiger partial charge < -0.3 is 10.1 Å². The smallest absolute Gasteiger partial charge is 0.328 e. The molecule has 3 aromatic rings. The third-order valence-electron chi connectivity index (χ3n) is 4.86. The van der Waals surface area contributed by atoms with Crippen LogP contribution in [0.1, 0.15) is 27.0 Å². The maximum Gasteiger partial charge on any atom is 0.328 e. The second-order valence-corrected chi connectivity index (χ2v) is 6.69. The Kier molecular flexibility index (Phi) is 5.55. The average molecular weight is 361 g/mol. The number of benzene rings is 3. The number of nitrogens with one attached hydrogen (secondary N) is 1. The van der Waals surface area contributed by atoms with Crippen LogP contribution in [0.3, 0.4) is 0 Å². The van der Waals surface area contributed by atoms with E-state index < -0.39 is 12.0 Å². The standard InChI is InChI=1S/C23H23NO3/c1-15-7-6-8-16(2)20(15)14-21(23(26)27-3)24-22(25)19-12-11-17-9-4-5-10-18(17)13-19/h4-13,21H,14H2,1-3H3,(H,24,25)/t21-/m1/s1. The number of hydrogen-bond acceptors (Lipinski definition) is 3. The molecule has 4 heteroatoms. The molecule has 1 N–H and O–H groups in total. The predicted molar refractivity (Wildman–Crippen MR) is 107 cm³/mol. The molecule has 1 amide bonds. The summed E-state index contributed by atoms with van der Waals surface area (Å²) < 4.78 is 4.92. The lowest BCUT2D eigenvalue weighted by Gasteiger charge is -2.19. The minimum absolute atomic E-state index is 0.289. The molecule has 3 rings (SSSR count). The Morgan fingerprint density at radius 1 is 0.926 bits per heavy atom. The van der Waals surface area contributed by atoms with Crippen molar-refractivity contribution in [3.05, 3.63) is 82.9 Å². The molecular formula is C23H23NO3. The zero-order valence-electron chi connectivity index (χ0n) is 15.8. The zero-order valence-corrected chi connectivity index (χ0v) is 15.8. The first-order valence-corrected chi connectivity index (χ1v) is 8.92. The fourth-order valence-electron chi connectivity index (χ4n) is 3.28. The Morgan fingerprint density at radius 3 is 2.26 bits per heavy atom. The molecular weight excluding hydrogens is 338 g/mol. The Hall–Kier alpha value is -3.14. The first kappa shape index (κ1) is 18.6. The number of aryl methyl sites for hydroxylation is 2. The number of ether oxygens (including phenoxy) is 1. The molecule has 27 heavy (non-hydrogen) atoms. The number of rotatable bonds is 5. The van der Waals surface area contributed by atoms with Crippen molar-refractivity contribution in [3.63, 3.8) is 0 Å². The highest BCUT2D eigenvalue weighted by atomic mass is 16.5. The van der Waals surface area contributed by atoms with Gasteiger partial charge in [-0.15, -0.1) is 0 Å². The minimum atomic E-state index is -0.742. The van der Waals surface area contributed by atoms with E-state index in [1.807, 2.05) is 68.4 Å². The van der Waals surface area contributed by atoms with Crippen LogP contribution in [0, 0.1) is 13.8 Å². The number of methoxy groups -OCH3 is 1. The minimum Gasteiger partial charge on any atom is -0.467 e. The van der Waals surface area contributed by atoms with E-state index in [0.29, 0.717) is 12.0 Å². The fraction of sp³-hybridized carbons (Fsp3) is 0.217. The van der Waals surface area contributed by atoms with Crippen LogP contribution in [0.4, 0.5) is 0 Å². The number of esters is 1. The van der Waals surface area contributed by atoms with Gasteiger partial charge in [0, 0.05) is 12.0 Å². The van der Waals surface area contributed by atoms with Gasteiger partial charge in [-0.1, -0.05) is 48.5 Å². The molecule has 0 spiro atoms. The molecule has 0 saturated carbocycles. The van der Waals surface area contributed by atoms with Gasteiger partial charge in [-0.3, -0.25) is 4.79 Å². The van der Waals surface area contributed by atoms with E-state index in [9.17, 15) is 9.59 Å². The summed E-state index contributed by atoms with van der Waals surface area (Å²) in [4.78, 5) is 25.0. The van der Waals surface area contributed by atoms with Crippen molar-refractivity contribution in [1.29, 1.82) is 0 Å². The molecule has 0 aliphatic carbocycles. The van der Waals surface area contributed by atoms with Gasteiger partial charge >= 0.3 is 5.97 Å². The van der Waals surface area contributed by atoms with E-state index in [1.54, 1.807) is 6.07 Å². The molecule has 0 aliphatic heterocycles. The van der Waals surface area contributed by atoms with Crippen LogP contribution in [-0.2, 0) is 16.0 Å². The van der Waals surface area contributed by atoms with Crippen LogP contribution >= 0.6 is 0 Å². The third kappa shape index (κ3) is 4.17. The van der Waals surface area contributed by atoms with Gasteiger partial charge in [-0.25, -0.2) is 4.79 Å². The van der Waals surface area contributed by atoms with E-state index in [-0.39, 0.29) is 5.91 Å². The molecule has 1 atom stereocenters. The number of hydrogen-bond donors (Lipinski definition) is 1. The van der Waals surface area contributed by atoms with Gasteiger partial charge in [0.05, 0.1) is 7.11 Å². The normalized spacial score (nSPS) is 11.8. The molecule has 0 fully saturated rings. The average Bonchev–Trinajstić information content (AvgIpc) is 2.68. The van der Waals surface area contributed by atoms with Crippen molar-refractivity contribution in [2.45, 2.75) is 26.3 Å². The maximum atomic E-state index is 12.8. The molecule has 0 saturated heterocycles. The van der Waals surface area contributed by atoms with E-state index >= 15 is 0 Å². The molecule has 0 aromatic heterocycles. The first-order valence-electron chi connectivity index (χ1n) is 8.92. The molecule has 0 heterocycles. The second kappa shape index (κ2) is 8.04. The van der Waals surface area contributed by atoms with Crippen LogP contribution in [0.15, 0.2) is 60.7 Å². The highest BCUT2D eigenvalue weighted by Crippen LogP contribution is 2.18. The lowest BCUT2D eigenvalue weighted by molar-refractivity contribution is -0.142. The van der Waals surface area contributed by atoms with Crippen LogP contribution in [0.2, 0.25) is 0 Å². The summed E-state index contributed by atoms with van der Waals surface area (Å²) in [7, 11) is 1.34. The van der Waals surface area contributed by atoms with E-state index in [2.05, 4.69) is 5.32 Å². The summed E-state index contributed by atoms with van der Waals surface area (Å²) in [6.45, 7) is 4.00. The SMILES string of the molecule is COC(=O)[C@@H](Cc1c(C)cccc1C)NC(=O)c1ccc2ccccc2c1. The Bertz CT molecular complexity index is 974. The van der Waals surface area contributed by atoms with Gasteiger partial charge in [0.15, 0.2) is 0 Å². The van der Waals surface area contributed by atoms with Crippen molar-refractivity contribution < 1.29 is 14.3 Å². The topological polar surface area (TPSA) is 55.4 Å². The van der Waals surface area contributed by atoms with Gasteiger partial charge in [0.1, 0.15) is 6.04 Å². The Labute approximate surface area is 159 Å². The van der Waals surface area contributed by atoms with Crippen molar-refractivity contribution in [1.82, 2.24) is 5.32 Å². The van der Waals surface area contributed by atoms with Crippen LogP contribution in [0.5, 0.6) is 0 Å². The Morgan fingerprint density at radius 2 is 1.59 bits per heavy atom. The van der Waals surface area contributed by atoms with Gasteiger partial charge in [0.25, 0.3) is 5.91 Å². The van der Waals surface area contributed by atoms with Crippen molar-refractivity contribution in [3.8, 4) is 0 Å². The number of fused-ring (bicyclic) bond motifs is 1. The van der Waals surface area contributed by atoms with Gasteiger partial charge in [0.2, 0.25) is 0 Å². The number of amides is 1. The monoisotopic (exact) mass is 361 g/mol. The molecule has 0 unspecified atom stereocenters. The third-order valence-corrected chi connectivity index (χ3v) is 4.86. The van der Waals surface area contributed by atoms with Crippen molar-refractivity contribution in [2.24, 2.45) is 0 Å². The van der Waals surface area contributed by atoms with Gasteiger partial charge in [-0.05, 0) is 53.4 Å². The Balaban J connectivity index is 1.85. The van der Waals surface area contributed by atoms with Crippen LogP contribution in [0.25, 0.3) is 10.8 Å². The molecule has 0 bridgehead atoms. The first-order chi connectivity index (χ1) is 13.0. The highest BCUT2D eigenvalue weighted by molar-refractivity contribution is 6.00. The molecule has 138 valence electrons. The predicted octanol–water partition coefficient (Wildman–Crippen LogP) is 3.97. The van der Waals surface area contributed by atoms with Crippen LogP contribution in [-0.4, -0.2) is 25.0 Å². The molecule has 0 aliphatic rings. The lowest BCUT2D eigenvalue weighted by atomic mass is 9.96. The summed E-state index contributed by atoms with van der Waals surface area (Å²) in [5, 5.41) is 4.88. The van der Waals surface area contributed by atoms with E-state index in [0.717, 1.165) is 27.5 Å². The summed E-state index contributed by atoms with van der Waals surface area (Å²) in [6, 6.07) is 18.6. The number of carbonyl (C=O) groups excluding carboxylic acids is 2. The molecule has 4 nitrogen and oxygen atoms in total. The van der Waals surface area contributed by atoms with Crippen LogP contribution < -0.4 is 5.32 Å². The quantitative estimate of drug-likeness (QED) is 0.700. The lowest BCUT2D eigenvalue weighted by Crippen LogP contribution is -2.43. The maximum absolute atomic E-state index is 12.8. The summed E-state index contributed by atoms with van der Waals surface area (Å²) >= 11 is 0. The summed E-state index contributed by atoms with van der Waals surface area (Å²) in [5.74, 6) is -0.741. The largest absolute Gasteiger partial charge is 0.467 e. The summed E-state index contributed by atoms with van der Waals surface area (Å²) in [6.07, 6.45) is 0.393. The summed E-state index contributed by atoms with van der Waals surface area (Å²) in [5.41, 5.74) is 3.74. The second-order valence-electron chi connectivity index (χ2n) is 6.69. The number of carbonyl (C=O) groups is 2. The zero-order chi connectivity index (χ0) is 19.4.